The maximum Gasteiger partial charge on any atom is 0.174 e. The Morgan fingerprint density at radius 2 is 1.82 bits per heavy atom. The molecule has 0 atom stereocenters. The summed E-state index contributed by atoms with van der Waals surface area (Å²) in [7, 11) is 0. The van der Waals surface area contributed by atoms with Gasteiger partial charge in [0.2, 0.25) is 0 Å². The molecule has 28 heavy (non-hydrogen) atoms. The van der Waals surface area contributed by atoms with Gasteiger partial charge in [-0.25, -0.2) is 4.39 Å². The van der Waals surface area contributed by atoms with E-state index in [1.807, 2.05) is 25.1 Å². The third kappa shape index (κ3) is 5.38. The second-order valence-corrected chi connectivity index (χ2v) is 7.60. The zero-order valence-electron chi connectivity index (χ0n) is 16.0. The number of anilines is 1. The van der Waals surface area contributed by atoms with Gasteiger partial charge in [0.15, 0.2) is 11.5 Å². The van der Waals surface area contributed by atoms with Crippen molar-refractivity contribution in [3.63, 3.8) is 0 Å². The maximum absolute atomic E-state index is 13.9. The molecule has 0 amide bonds. The fourth-order valence-electron chi connectivity index (χ4n) is 2.85. The molecule has 0 radical (unpaired) electrons. The molecule has 5 heteroatoms. The van der Waals surface area contributed by atoms with Crippen LogP contribution in [-0.4, -0.2) is 6.61 Å². The van der Waals surface area contributed by atoms with Gasteiger partial charge in [-0.2, -0.15) is 0 Å². The van der Waals surface area contributed by atoms with Crippen molar-refractivity contribution in [2.75, 3.05) is 11.9 Å². The third-order valence-electron chi connectivity index (χ3n) is 4.21. The molecular formula is C23H23FINO2. The lowest BCUT2D eigenvalue weighted by molar-refractivity contribution is 0.264. The lowest BCUT2D eigenvalue weighted by Gasteiger charge is -2.16. The zero-order valence-corrected chi connectivity index (χ0v) is 18.1. The predicted octanol–water partition coefficient (Wildman–Crippen LogP) is 6.33. The Bertz CT molecular complexity index is 946. The van der Waals surface area contributed by atoms with Crippen LogP contribution in [0.25, 0.3) is 0 Å². The highest BCUT2D eigenvalue weighted by Crippen LogP contribution is 2.35. The maximum atomic E-state index is 13.9. The van der Waals surface area contributed by atoms with E-state index >= 15 is 0 Å². The van der Waals surface area contributed by atoms with Crippen LogP contribution in [0.15, 0.2) is 60.7 Å². The lowest BCUT2D eigenvalue weighted by Crippen LogP contribution is -2.05. The first kappa shape index (κ1) is 20.5. The van der Waals surface area contributed by atoms with E-state index in [-0.39, 0.29) is 12.4 Å². The summed E-state index contributed by atoms with van der Waals surface area (Å²) in [6.45, 7) is 5.37. The molecule has 146 valence electrons. The molecule has 3 nitrogen and oxygen atoms in total. The molecule has 0 saturated carbocycles. The highest BCUT2D eigenvalue weighted by Gasteiger charge is 2.13. The van der Waals surface area contributed by atoms with E-state index in [0.29, 0.717) is 30.2 Å². The van der Waals surface area contributed by atoms with E-state index in [2.05, 4.69) is 53.0 Å². The van der Waals surface area contributed by atoms with Crippen LogP contribution in [0.2, 0.25) is 0 Å². The van der Waals surface area contributed by atoms with Gasteiger partial charge in [0.25, 0.3) is 0 Å². The Morgan fingerprint density at radius 1 is 1.00 bits per heavy atom. The third-order valence-corrected chi connectivity index (χ3v) is 5.02. The first-order valence-electron chi connectivity index (χ1n) is 9.18. The smallest absolute Gasteiger partial charge is 0.174 e. The van der Waals surface area contributed by atoms with Gasteiger partial charge in [-0.3, -0.25) is 0 Å². The molecule has 0 fully saturated rings. The number of nitrogens with one attached hydrogen (secondary N) is 1. The second kappa shape index (κ2) is 9.78. The van der Waals surface area contributed by atoms with Crippen LogP contribution >= 0.6 is 22.6 Å². The molecular weight excluding hydrogens is 468 g/mol. The van der Waals surface area contributed by atoms with Crippen molar-refractivity contribution in [2.24, 2.45) is 0 Å². The number of rotatable bonds is 8. The number of halogens is 2. The van der Waals surface area contributed by atoms with Crippen LogP contribution < -0.4 is 14.8 Å². The predicted molar refractivity (Wildman–Crippen MR) is 120 cm³/mol. The zero-order chi connectivity index (χ0) is 19.9. The molecule has 1 N–H and O–H groups in total. The number of benzene rings is 3. The molecule has 0 aliphatic heterocycles. The monoisotopic (exact) mass is 491 g/mol. The van der Waals surface area contributed by atoms with Crippen molar-refractivity contribution in [2.45, 2.75) is 27.0 Å². The van der Waals surface area contributed by atoms with Crippen molar-refractivity contribution in [3.05, 3.63) is 86.7 Å². The number of hydrogen-bond donors (Lipinski definition) is 1. The highest BCUT2D eigenvalue weighted by molar-refractivity contribution is 14.1. The van der Waals surface area contributed by atoms with E-state index in [1.54, 1.807) is 18.2 Å². The van der Waals surface area contributed by atoms with Gasteiger partial charge in [-0.05, 0) is 77.9 Å². The number of hydrogen-bond acceptors (Lipinski definition) is 3. The summed E-state index contributed by atoms with van der Waals surface area (Å²) in [4.78, 5) is 0. The van der Waals surface area contributed by atoms with E-state index in [0.717, 1.165) is 14.8 Å². The fraction of sp³-hybridized carbons (Fsp3) is 0.217. The fourth-order valence-corrected chi connectivity index (χ4v) is 3.67. The summed E-state index contributed by atoms with van der Waals surface area (Å²) in [6, 6.07) is 18.9. The molecule has 0 unspecified atom stereocenters. The van der Waals surface area contributed by atoms with Gasteiger partial charge < -0.3 is 14.8 Å². The Labute approximate surface area is 179 Å². The van der Waals surface area contributed by atoms with Crippen LogP contribution in [0.3, 0.4) is 0 Å². The minimum atomic E-state index is -0.269. The first-order chi connectivity index (χ1) is 13.6. The van der Waals surface area contributed by atoms with Gasteiger partial charge in [0, 0.05) is 17.8 Å². The van der Waals surface area contributed by atoms with Crippen molar-refractivity contribution in [3.8, 4) is 11.5 Å². The van der Waals surface area contributed by atoms with Crippen LogP contribution in [0.1, 0.15) is 23.6 Å². The Hall–Kier alpha value is -2.28. The van der Waals surface area contributed by atoms with Crippen LogP contribution in [0, 0.1) is 16.3 Å². The molecule has 3 rings (SSSR count). The average molecular weight is 491 g/mol. The van der Waals surface area contributed by atoms with Gasteiger partial charge >= 0.3 is 0 Å². The average Bonchev–Trinajstić information content (AvgIpc) is 2.67. The standard InChI is InChI=1S/C23H23FINO2/c1-3-27-22-13-17(14-26-19-9-6-7-16(2)11-19)12-21(25)23(22)28-15-18-8-4-5-10-20(18)24/h4-13,26H,3,14-15H2,1-2H3. The molecule has 0 bridgehead atoms. The van der Waals surface area contributed by atoms with E-state index in [1.165, 1.54) is 11.6 Å². The van der Waals surface area contributed by atoms with Crippen molar-refractivity contribution >= 4 is 28.3 Å². The summed E-state index contributed by atoms with van der Waals surface area (Å²) >= 11 is 2.24. The minimum Gasteiger partial charge on any atom is -0.490 e. The Kier molecular flexibility index (Phi) is 7.14. The normalized spacial score (nSPS) is 10.6. The lowest BCUT2D eigenvalue weighted by atomic mass is 10.1. The van der Waals surface area contributed by atoms with Crippen molar-refractivity contribution in [1.82, 2.24) is 0 Å². The largest absolute Gasteiger partial charge is 0.490 e. The van der Waals surface area contributed by atoms with Gasteiger partial charge in [-0.15, -0.1) is 0 Å². The van der Waals surface area contributed by atoms with Crippen LogP contribution in [0.5, 0.6) is 11.5 Å². The van der Waals surface area contributed by atoms with E-state index in [4.69, 9.17) is 9.47 Å². The van der Waals surface area contributed by atoms with Crippen molar-refractivity contribution in [1.29, 1.82) is 0 Å². The first-order valence-corrected chi connectivity index (χ1v) is 10.3. The Balaban J connectivity index is 1.76. The van der Waals surface area contributed by atoms with Crippen molar-refractivity contribution < 1.29 is 13.9 Å². The molecule has 0 aromatic heterocycles. The summed E-state index contributed by atoms with van der Waals surface area (Å²) in [6.07, 6.45) is 0. The highest BCUT2D eigenvalue weighted by atomic mass is 127. The topological polar surface area (TPSA) is 30.5 Å². The molecule has 0 aliphatic rings. The quantitative estimate of drug-likeness (QED) is 0.374. The van der Waals surface area contributed by atoms with E-state index < -0.39 is 0 Å². The van der Waals surface area contributed by atoms with E-state index in [9.17, 15) is 4.39 Å². The molecule has 3 aromatic rings. The molecule has 0 saturated heterocycles. The SMILES string of the molecule is CCOc1cc(CNc2cccc(C)c2)cc(I)c1OCc1ccccc1F. The molecule has 0 aliphatic carbocycles. The summed E-state index contributed by atoms with van der Waals surface area (Å²) in [5.74, 6) is 1.05. The van der Waals surface area contributed by atoms with Crippen LogP contribution in [0.4, 0.5) is 10.1 Å². The summed E-state index contributed by atoms with van der Waals surface area (Å²) in [5, 5.41) is 3.43. The number of aryl methyl sites for hydroxylation is 1. The van der Waals surface area contributed by atoms with Crippen LogP contribution in [-0.2, 0) is 13.2 Å². The van der Waals surface area contributed by atoms with Gasteiger partial charge in [0.1, 0.15) is 12.4 Å². The Morgan fingerprint density at radius 3 is 2.57 bits per heavy atom. The van der Waals surface area contributed by atoms with Gasteiger partial charge in [-0.1, -0.05) is 30.3 Å². The molecule has 3 aromatic carbocycles. The number of ether oxygens (including phenoxy) is 2. The molecule has 0 heterocycles. The molecule has 0 spiro atoms. The van der Waals surface area contributed by atoms with Gasteiger partial charge in [0.05, 0.1) is 10.2 Å². The minimum absolute atomic E-state index is 0.156. The summed E-state index contributed by atoms with van der Waals surface area (Å²) in [5.41, 5.74) is 3.90. The second-order valence-electron chi connectivity index (χ2n) is 6.44. The summed E-state index contributed by atoms with van der Waals surface area (Å²) < 4.78 is 26.5.